The minimum Gasteiger partial charge on any atom is -0.463 e. The summed E-state index contributed by atoms with van der Waals surface area (Å²) in [7, 11) is 0. The van der Waals surface area contributed by atoms with E-state index in [4.69, 9.17) is 40.0 Å². The highest BCUT2D eigenvalue weighted by molar-refractivity contribution is 7.99. The number of aryl methyl sites for hydroxylation is 1. The van der Waals surface area contributed by atoms with E-state index in [1.807, 2.05) is 60.7 Å². The van der Waals surface area contributed by atoms with E-state index in [0.29, 0.717) is 17.1 Å². The number of amides is 1. The van der Waals surface area contributed by atoms with Crippen molar-refractivity contribution in [2.45, 2.75) is 92.4 Å². The lowest BCUT2D eigenvalue weighted by molar-refractivity contribution is -0.377. The van der Waals surface area contributed by atoms with Gasteiger partial charge in [0.25, 0.3) is 0 Å². The van der Waals surface area contributed by atoms with Gasteiger partial charge in [0, 0.05) is 24.7 Å². The van der Waals surface area contributed by atoms with Crippen LogP contribution in [0, 0.1) is 0 Å². The van der Waals surface area contributed by atoms with E-state index in [2.05, 4.69) is 5.32 Å². The van der Waals surface area contributed by atoms with Crippen molar-refractivity contribution >= 4 is 40.9 Å². The van der Waals surface area contributed by atoms with Crippen LogP contribution < -0.4 is 5.32 Å². The minimum atomic E-state index is -1.62. The van der Waals surface area contributed by atoms with Gasteiger partial charge in [0.1, 0.15) is 60.9 Å². The van der Waals surface area contributed by atoms with E-state index in [-0.39, 0.29) is 31.3 Å². The Hall–Kier alpha value is -3.12. The number of aliphatic hydroxyl groups is 4. The number of hydrogen-bond donors (Lipinski definition) is 5. The fourth-order valence-corrected chi connectivity index (χ4v) is 7.51. The first-order chi connectivity index (χ1) is 25.1. The molecule has 13 nitrogen and oxygen atoms in total. The molecule has 5 N–H and O–H groups in total. The SMILES string of the molecule is CC(=O)Nc1cc(CS[C@@H]2O[C@H](COC(=O)CCc3ccccc3)[C@@H](O[C@H]3O[C@@H]4COC(c5ccccc5)O[C@H]4[C@H](O)[C@H]3O)[C@H](O)[C@H]2O)ccc1Cl. The number of thioether (sulfide) groups is 1. The lowest BCUT2D eigenvalue weighted by atomic mass is 9.96. The van der Waals surface area contributed by atoms with Gasteiger partial charge in [0.2, 0.25) is 5.91 Å². The molecule has 11 atom stereocenters. The third-order valence-corrected chi connectivity index (χ3v) is 10.5. The summed E-state index contributed by atoms with van der Waals surface area (Å²) < 4.78 is 35.7. The molecule has 0 aliphatic carbocycles. The van der Waals surface area contributed by atoms with E-state index < -0.39 is 72.8 Å². The molecule has 0 spiro atoms. The van der Waals surface area contributed by atoms with Crippen LogP contribution in [0.3, 0.4) is 0 Å². The van der Waals surface area contributed by atoms with Crippen molar-refractivity contribution in [1.82, 2.24) is 0 Å². The number of nitrogens with one attached hydrogen (secondary N) is 1. The fourth-order valence-electron chi connectivity index (χ4n) is 6.23. The van der Waals surface area contributed by atoms with Gasteiger partial charge in [0.05, 0.1) is 17.3 Å². The van der Waals surface area contributed by atoms with Crippen molar-refractivity contribution in [3.63, 3.8) is 0 Å². The third-order valence-electron chi connectivity index (χ3n) is 8.96. The second-order valence-electron chi connectivity index (χ2n) is 12.8. The number of benzene rings is 3. The molecule has 0 aromatic heterocycles. The van der Waals surface area contributed by atoms with E-state index in [1.165, 1.54) is 18.7 Å². The zero-order valence-corrected chi connectivity index (χ0v) is 29.8. The number of carbonyl (C=O) groups is 2. The van der Waals surface area contributed by atoms with Gasteiger partial charge >= 0.3 is 5.97 Å². The summed E-state index contributed by atoms with van der Waals surface area (Å²) in [6.45, 7) is 1.03. The van der Waals surface area contributed by atoms with Crippen LogP contribution >= 0.6 is 23.4 Å². The van der Waals surface area contributed by atoms with Crippen LogP contribution in [0.4, 0.5) is 5.69 Å². The summed E-state index contributed by atoms with van der Waals surface area (Å²) in [5, 5.41) is 47.9. The van der Waals surface area contributed by atoms with E-state index in [1.54, 1.807) is 18.2 Å². The summed E-state index contributed by atoms with van der Waals surface area (Å²) in [6.07, 6.45) is -12.2. The Balaban J connectivity index is 1.13. The molecule has 6 rings (SSSR count). The molecule has 0 radical (unpaired) electrons. The molecule has 15 heteroatoms. The normalized spacial score (nSPS) is 31.7. The van der Waals surface area contributed by atoms with Crippen LogP contribution in [0.25, 0.3) is 0 Å². The Morgan fingerprint density at radius 1 is 0.885 bits per heavy atom. The maximum atomic E-state index is 12.8. The van der Waals surface area contributed by atoms with Crippen LogP contribution in [-0.4, -0.2) is 106 Å². The minimum absolute atomic E-state index is 0.00965. The van der Waals surface area contributed by atoms with Crippen LogP contribution in [0.2, 0.25) is 5.02 Å². The molecule has 0 saturated carbocycles. The molecule has 3 aromatic rings. The molecule has 3 heterocycles. The largest absolute Gasteiger partial charge is 0.463 e. The van der Waals surface area contributed by atoms with Crippen molar-refractivity contribution in [2.75, 3.05) is 18.5 Å². The predicted octanol–water partition coefficient (Wildman–Crippen LogP) is 3.10. The third kappa shape index (κ3) is 9.51. The highest BCUT2D eigenvalue weighted by atomic mass is 35.5. The molecule has 3 aliphatic rings. The Kier molecular flexibility index (Phi) is 13.2. The Bertz CT molecular complexity index is 1640. The summed E-state index contributed by atoms with van der Waals surface area (Å²) in [4.78, 5) is 24.4. The van der Waals surface area contributed by atoms with E-state index in [0.717, 1.165) is 16.7 Å². The number of aliphatic hydroxyl groups excluding tert-OH is 4. The maximum Gasteiger partial charge on any atom is 0.306 e. The van der Waals surface area contributed by atoms with E-state index >= 15 is 0 Å². The number of anilines is 1. The molecule has 280 valence electrons. The van der Waals surface area contributed by atoms with Crippen molar-refractivity contribution < 1.29 is 58.4 Å². The molecule has 3 aliphatic heterocycles. The molecule has 52 heavy (non-hydrogen) atoms. The standard InChI is InChI=1S/C37H42ClNO12S/c1-20(40)39-25-16-22(12-14-24(25)38)19-52-37-32(45)30(43)34(27(49-37)17-46-28(41)15-13-21-8-4-2-5-9-21)51-36-31(44)29(42)33-26(48-36)18-47-35(50-33)23-10-6-3-7-11-23/h2-12,14,16,26-27,29-37,42-45H,13,15,17-19H2,1H3,(H,39,40)/t26-,27-,29-,30-,31-,32-,33-,34-,35?,36-,37+/m1/s1. The number of esters is 1. The molecular formula is C37H42ClNO12S. The second kappa shape index (κ2) is 17.8. The summed E-state index contributed by atoms with van der Waals surface area (Å²) in [6, 6.07) is 23.7. The van der Waals surface area contributed by atoms with Crippen LogP contribution in [0.5, 0.6) is 0 Å². The average molecular weight is 760 g/mol. The zero-order chi connectivity index (χ0) is 36.8. The Morgan fingerprint density at radius 3 is 2.35 bits per heavy atom. The number of rotatable bonds is 12. The van der Waals surface area contributed by atoms with Crippen LogP contribution in [-0.2, 0) is 50.2 Å². The lowest BCUT2D eigenvalue weighted by Gasteiger charge is -2.48. The highest BCUT2D eigenvalue weighted by Crippen LogP contribution is 2.38. The van der Waals surface area contributed by atoms with Crippen LogP contribution in [0.15, 0.2) is 78.9 Å². The molecule has 3 aromatic carbocycles. The number of hydrogen-bond acceptors (Lipinski definition) is 13. The maximum absolute atomic E-state index is 12.8. The molecule has 1 unspecified atom stereocenters. The summed E-state index contributed by atoms with van der Waals surface area (Å²) in [5.74, 6) is -0.515. The smallest absolute Gasteiger partial charge is 0.306 e. The second-order valence-corrected chi connectivity index (χ2v) is 14.3. The number of halogens is 1. The zero-order valence-electron chi connectivity index (χ0n) is 28.2. The van der Waals surface area contributed by atoms with Gasteiger partial charge < -0.3 is 54.2 Å². The summed E-state index contributed by atoms with van der Waals surface area (Å²) in [5.41, 5.74) is 1.85. The van der Waals surface area contributed by atoms with Gasteiger partial charge in [-0.05, 0) is 29.7 Å². The molecular weight excluding hydrogens is 718 g/mol. The van der Waals surface area contributed by atoms with Gasteiger partial charge in [-0.3, -0.25) is 9.59 Å². The van der Waals surface area contributed by atoms with Crippen LogP contribution in [0.1, 0.15) is 36.3 Å². The Morgan fingerprint density at radius 2 is 1.62 bits per heavy atom. The van der Waals surface area contributed by atoms with E-state index in [9.17, 15) is 30.0 Å². The highest BCUT2D eigenvalue weighted by Gasteiger charge is 2.53. The molecule has 3 saturated heterocycles. The molecule has 3 fully saturated rings. The first-order valence-electron chi connectivity index (χ1n) is 16.9. The van der Waals surface area contributed by atoms with Crippen molar-refractivity contribution in [3.05, 3.63) is 101 Å². The topological polar surface area (TPSA) is 182 Å². The lowest BCUT2D eigenvalue weighted by Crippen LogP contribution is -2.65. The first kappa shape index (κ1) is 38.6. The van der Waals surface area contributed by atoms with Gasteiger partial charge in [0.15, 0.2) is 12.6 Å². The average Bonchev–Trinajstić information content (AvgIpc) is 3.15. The quantitative estimate of drug-likeness (QED) is 0.170. The number of fused-ring (bicyclic) bond motifs is 1. The van der Waals surface area contributed by atoms with Crippen molar-refractivity contribution in [2.24, 2.45) is 0 Å². The monoisotopic (exact) mass is 759 g/mol. The first-order valence-corrected chi connectivity index (χ1v) is 18.4. The number of carbonyl (C=O) groups excluding carboxylic acids is 2. The van der Waals surface area contributed by atoms with Gasteiger partial charge in [-0.25, -0.2) is 0 Å². The van der Waals surface area contributed by atoms with Gasteiger partial charge in [-0.1, -0.05) is 78.3 Å². The number of ether oxygens (including phenoxy) is 6. The molecule has 0 bridgehead atoms. The fraction of sp³-hybridized carbons (Fsp3) is 0.459. The van der Waals surface area contributed by atoms with Gasteiger partial charge in [-0.15, -0.1) is 11.8 Å². The Labute approximate surface area is 310 Å². The van der Waals surface area contributed by atoms with Crippen molar-refractivity contribution in [1.29, 1.82) is 0 Å². The van der Waals surface area contributed by atoms with Crippen molar-refractivity contribution in [3.8, 4) is 0 Å². The molecule has 1 amide bonds. The predicted molar refractivity (Wildman–Crippen MR) is 189 cm³/mol. The summed E-state index contributed by atoms with van der Waals surface area (Å²) >= 11 is 7.39. The van der Waals surface area contributed by atoms with Gasteiger partial charge in [-0.2, -0.15) is 0 Å².